The minimum atomic E-state index is -0.685. The van der Waals surface area contributed by atoms with Crippen LogP contribution in [-0.2, 0) is 0 Å². The molecular weight excluding hydrogens is 334 g/mol. The molecule has 0 radical (unpaired) electrons. The van der Waals surface area contributed by atoms with Crippen molar-refractivity contribution in [1.82, 2.24) is 5.32 Å². The van der Waals surface area contributed by atoms with Crippen LogP contribution in [0.5, 0.6) is 0 Å². The van der Waals surface area contributed by atoms with Crippen molar-refractivity contribution in [1.29, 1.82) is 0 Å². The number of hydrogen-bond donors (Lipinski definition) is 2. The molecule has 0 aromatic heterocycles. The van der Waals surface area contributed by atoms with Gasteiger partial charge in [0.15, 0.2) is 0 Å². The van der Waals surface area contributed by atoms with E-state index in [0.717, 1.165) is 0 Å². The maximum absolute atomic E-state index is 12.4. The van der Waals surface area contributed by atoms with Crippen LogP contribution in [0.2, 0.25) is 5.02 Å². The van der Waals surface area contributed by atoms with Crippen LogP contribution in [0, 0.1) is 10.1 Å². The predicted octanol–water partition coefficient (Wildman–Crippen LogP) is 3.25. The summed E-state index contributed by atoms with van der Waals surface area (Å²) in [6, 6.07) is 9.98. The number of hydrogen-bond acceptors (Lipinski definition) is 4. The number of nitro groups is 1. The fourth-order valence-electron chi connectivity index (χ4n) is 2.08. The Morgan fingerprint density at radius 1 is 1.12 bits per heavy atom. The van der Waals surface area contributed by atoms with Crippen molar-refractivity contribution in [2.24, 2.45) is 0 Å². The van der Waals surface area contributed by atoms with E-state index in [1.54, 1.807) is 6.92 Å². The molecule has 0 unspecified atom stereocenters. The van der Waals surface area contributed by atoms with Crippen LogP contribution in [0.15, 0.2) is 42.5 Å². The molecule has 2 amide bonds. The number of nitrogens with one attached hydrogen (secondary N) is 2. The summed E-state index contributed by atoms with van der Waals surface area (Å²) >= 11 is 5.90. The summed E-state index contributed by atoms with van der Waals surface area (Å²) in [7, 11) is 0. The molecule has 0 saturated heterocycles. The first kappa shape index (κ1) is 17.4. The molecule has 0 bridgehead atoms. The second-order valence-electron chi connectivity index (χ2n) is 4.78. The van der Waals surface area contributed by atoms with E-state index in [9.17, 15) is 19.7 Å². The highest BCUT2D eigenvalue weighted by Gasteiger charge is 2.21. The Morgan fingerprint density at radius 2 is 1.83 bits per heavy atom. The van der Waals surface area contributed by atoms with E-state index in [4.69, 9.17) is 11.6 Å². The van der Waals surface area contributed by atoms with Crippen molar-refractivity contribution in [3.63, 3.8) is 0 Å². The number of nitrogens with zero attached hydrogens (tertiary/aromatic N) is 1. The number of amides is 2. The molecule has 2 N–H and O–H groups in total. The molecule has 0 fully saturated rings. The number of anilines is 1. The third kappa shape index (κ3) is 3.88. The van der Waals surface area contributed by atoms with Crippen LogP contribution in [0.1, 0.15) is 27.6 Å². The van der Waals surface area contributed by atoms with Crippen molar-refractivity contribution in [2.45, 2.75) is 6.92 Å². The third-order valence-corrected chi connectivity index (χ3v) is 3.39. The zero-order chi connectivity index (χ0) is 17.7. The molecule has 0 aliphatic carbocycles. The molecule has 8 heteroatoms. The van der Waals surface area contributed by atoms with Gasteiger partial charge in [0.25, 0.3) is 17.5 Å². The van der Waals surface area contributed by atoms with Crippen molar-refractivity contribution in [3.05, 3.63) is 68.7 Å². The maximum atomic E-state index is 12.4. The number of para-hydroxylation sites is 1. The Balaban J connectivity index is 2.36. The van der Waals surface area contributed by atoms with Gasteiger partial charge in [-0.2, -0.15) is 0 Å². The molecule has 124 valence electrons. The highest BCUT2D eigenvalue weighted by Crippen LogP contribution is 2.23. The molecule has 0 spiro atoms. The average Bonchev–Trinajstić information content (AvgIpc) is 2.56. The van der Waals surface area contributed by atoms with E-state index in [1.165, 1.54) is 42.5 Å². The molecule has 0 heterocycles. The molecule has 24 heavy (non-hydrogen) atoms. The van der Waals surface area contributed by atoms with E-state index in [0.29, 0.717) is 11.6 Å². The zero-order valence-electron chi connectivity index (χ0n) is 12.7. The van der Waals surface area contributed by atoms with Gasteiger partial charge in [0, 0.05) is 17.6 Å². The topological polar surface area (TPSA) is 101 Å². The molecule has 2 aromatic carbocycles. The van der Waals surface area contributed by atoms with Crippen LogP contribution >= 0.6 is 11.6 Å². The van der Waals surface area contributed by atoms with Gasteiger partial charge in [-0.1, -0.05) is 23.7 Å². The van der Waals surface area contributed by atoms with E-state index in [-0.39, 0.29) is 22.5 Å². The summed E-state index contributed by atoms with van der Waals surface area (Å²) in [6.07, 6.45) is 0. The summed E-state index contributed by atoms with van der Waals surface area (Å²) in [6.45, 7) is 2.16. The summed E-state index contributed by atoms with van der Waals surface area (Å²) in [5.41, 5.74) is -0.0207. The maximum Gasteiger partial charge on any atom is 0.282 e. The van der Waals surface area contributed by atoms with Crippen LogP contribution < -0.4 is 10.6 Å². The number of rotatable bonds is 5. The van der Waals surface area contributed by atoms with E-state index in [2.05, 4.69) is 10.6 Å². The summed E-state index contributed by atoms with van der Waals surface area (Å²) in [4.78, 5) is 34.8. The molecule has 0 aliphatic heterocycles. The molecule has 2 rings (SSSR count). The van der Waals surface area contributed by atoms with Gasteiger partial charge >= 0.3 is 0 Å². The lowest BCUT2D eigenvalue weighted by atomic mass is 10.1. The molecule has 0 atom stereocenters. The second-order valence-corrected chi connectivity index (χ2v) is 5.21. The highest BCUT2D eigenvalue weighted by molar-refractivity contribution is 6.31. The second kappa shape index (κ2) is 7.56. The van der Waals surface area contributed by atoms with E-state index >= 15 is 0 Å². The Labute approximate surface area is 142 Å². The quantitative estimate of drug-likeness (QED) is 0.640. The minimum Gasteiger partial charge on any atom is -0.352 e. The standard InChI is InChI=1S/C16H14ClN3O4/c1-2-18-15(21)12-9-10(17)7-8-13(12)19-16(22)11-5-3-4-6-14(11)20(23)24/h3-9H,2H2,1H3,(H,18,21)(H,19,22). The summed E-state index contributed by atoms with van der Waals surface area (Å²) < 4.78 is 0. The number of nitro benzene ring substituents is 1. The SMILES string of the molecule is CCNC(=O)c1cc(Cl)ccc1NC(=O)c1ccccc1[N+](=O)[O-]. The number of benzene rings is 2. The van der Waals surface area contributed by atoms with Gasteiger partial charge in [-0.05, 0) is 31.2 Å². The van der Waals surface area contributed by atoms with Crippen molar-refractivity contribution < 1.29 is 14.5 Å². The largest absolute Gasteiger partial charge is 0.352 e. The lowest BCUT2D eigenvalue weighted by molar-refractivity contribution is -0.385. The fraction of sp³-hybridized carbons (Fsp3) is 0.125. The Morgan fingerprint density at radius 3 is 2.50 bits per heavy atom. The number of carbonyl (C=O) groups is 2. The van der Waals surface area contributed by atoms with E-state index in [1.807, 2.05) is 0 Å². The molecule has 2 aromatic rings. The van der Waals surface area contributed by atoms with Crippen LogP contribution in [-0.4, -0.2) is 23.3 Å². The number of carbonyl (C=O) groups excluding carboxylic acids is 2. The third-order valence-electron chi connectivity index (χ3n) is 3.16. The summed E-state index contributed by atoms with van der Waals surface area (Å²) in [5, 5.41) is 16.5. The first-order valence-corrected chi connectivity index (χ1v) is 7.44. The smallest absolute Gasteiger partial charge is 0.282 e. The molecule has 0 saturated carbocycles. The monoisotopic (exact) mass is 347 g/mol. The molecular formula is C16H14ClN3O4. The van der Waals surface area contributed by atoms with Gasteiger partial charge in [-0.15, -0.1) is 0 Å². The molecule has 0 aliphatic rings. The first-order valence-electron chi connectivity index (χ1n) is 7.06. The van der Waals surface area contributed by atoms with Gasteiger partial charge in [0.2, 0.25) is 0 Å². The van der Waals surface area contributed by atoms with Crippen molar-refractivity contribution in [3.8, 4) is 0 Å². The lowest BCUT2D eigenvalue weighted by Crippen LogP contribution is -2.25. The van der Waals surface area contributed by atoms with Crippen LogP contribution in [0.3, 0.4) is 0 Å². The van der Waals surface area contributed by atoms with E-state index < -0.39 is 16.7 Å². The number of halogens is 1. The molecule has 7 nitrogen and oxygen atoms in total. The lowest BCUT2D eigenvalue weighted by Gasteiger charge is -2.11. The Bertz CT molecular complexity index is 808. The zero-order valence-corrected chi connectivity index (χ0v) is 13.5. The average molecular weight is 348 g/mol. The van der Waals surface area contributed by atoms with Crippen molar-refractivity contribution >= 4 is 34.8 Å². The van der Waals surface area contributed by atoms with Gasteiger partial charge in [-0.3, -0.25) is 19.7 Å². The minimum absolute atomic E-state index is 0.0979. The predicted molar refractivity (Wildman–Crippen MR) is 90.5 cm³/mol. The van der Waals surface area contributed by atoms with Crippen LogP contribution in [0.25, 0.3) is 0 Å². The first-order chi connectivity index (χ1) is 11.4. The van der Waals surface area contributed by atoms with Gasteiger partial charge in [0.05, 0.1) is 16.2 Å². The highest BCUT2D eigenvalue weighted by atomic mass is 35.5. The van der Waals surface area contributed by atoms with Gasteiger partial charge in [-0.25, -0.2) is 0 Å². The van der Waals surface area contributed by atoms with Crippen molar-refractivity contribution in [2.75, 3.05) is 11.9 Å². The Hall–Kier alpha value is -2.93. The fourth-order valence-corrected chi connectivity index (χ4v) is 2.26. The summed E-state index contributed by atoms with van der Waals surface area (Å²) in [5.74, 6) is -1.09. The van der Waals surface area contributed by atoms with Gasteiger partial charge < -0.3 is 10.6 Å². The Kier molecular flexibility index (Phi) is 5.49. The van der Waals surface area contributed by atoms with Gasteiger partial charge in [0.1, 0.15) is 5.56 Å². The van der Waals surface area contributed by atoms with Crippen LogP contribution in [0.4, 0.5) is 11.4 Å². The normalized spacial score (nSPS) is 10.1.